The fraction of sp³-hybridized carbons (Fsp3) is 0.273. The zero-order valence-electron chi connectivity index (χ0n) is 26.0. The molecule has 4 aromatic rings. The van der Waals surface area contributed by atoms with Crippen LogP contribution >= 0.6 is 0 Å². The summed E-state index contributed by atoms with van der Waals surface area (Å²) >= 11 is 0. The van der Waals surface area contributed by atoms with Crippen molar-refractivity contribution in [3.8, 4) is 0 Å². The molecule has 0 bridgehead atoms. The summed E-state index contributed by atoms with van der Waals surface area (Å²) in [6.07, 6.45) is 1.63. The Hall–Kier alpha value is -5.01. The Labute approximate surface area is 268 Å². The Kier molecular flexibility index (Phi) is 10.9. The van der Waals surface area contributed by atoms with Gasteiger partial charge in [0.2, 0.25) is 16.0 Å². The topological polar surface area (TPSA) is 174 Å². The molecule has 5 N–H and O–H groups in total. The maximum Gasteiger partial charge on any atom is 0.257 e. The average Bonchev–Trinajstić information content (AvgIpc) is 3.51. The van der Waals surface area contributed by atoms with Crippen LogP contribution < -0.4 is 20.3 Å². The number of rotatable bonds is 13. The van der Waals surface area contributed by atoms with Gasteiger partial charge in [-0.05, 0) is 49.1 Å². The van der Waals surface area contributed by atoms with Crippen LogP contribution in [-0.2, 0) is 27.7 Å². The first-order valence-electron chi connectivity index (χ1n) is 14.7. The van der Waals surface area contributed by atoms with Gasteiger partial charge in [-0.2, -0.15) is 0 Å². The lowest BCUT2D eigenvalue weighted by molar-refractivity contribution is -0.125. The number of aryl methyl sites for hydroxylation is 1. The number of benzene rings is 3. The molecule has 242 valence electrons. The molecule has 4 rings (SSSR count). The van der Waals surface area contributed by atoms with Gasteiger partial charge in [-0.1, -0.05) is 67.6 Å². The summed E-state index contributed by atoms with van der Waals surface area (Å²) < 4.78 is 25.8. The molecule has 0 saturated heterocycles. The molecule has 0 aliphatic carbocycles. The normalized spacial score (nSPS) is 13.2. The Balaban J connectivity index is 1.64. The Morgan fingerprint density at radius 3 is 2.09 bits per heavy atom. The minimum Gasteiger partial charge on any atom is -0.381 e. The monoisotopic (exact) mass is 646 g/mol. The van der Waals surface area contributed by atoms with Crippen molar-refractivity contribution in [2.24, 2.45) is 0 Å². The number of aromatic nitrogens is 2. The zero-order chi connectivity index (χ0) is 33.4. The Morgan fingerprint density at radius 1 is 0.935 bits per heavy atom. The predicted octanol–water partition coefficient (Wildman–Crippen LogP) is 3.20. The van der Waals surface area contributed by atoms with E-state index in [1.807, 2.05) is 43.3 Å². The number of aliphatic hydroxyl groups excluding tert-OH is 1. The van der Waals surface area contributed by atoms with E-state index in [9.17, 15) is 27.9 Å². The van der Waals surface area contributed by atoms with E-state index in [1.54, 1.807) is 37.4 Å². The number of hydrogen-bond acceptors (Lipinski definition) is 7. The molecule has 0 fully saturated rings. The highest BCUT2D eigenvalue weighted by Gasteiger charge is 2.30. The minimum absolute atomic E-state index is 0.0448. The molecule has 3 aromatic carbocycles. The van der Waals surface area contributed by atoms with Crippen molar-refractivity contribution < 1.29 is 27.9 Å². The van der Waals surface area contributed by atoms with Crippen molar-refractivity contribution in [3.63, 3.8) is 0 Å². The summed E-state index contributed by atoms with van der Waals surface area (Å²) in [5, 5.41) is 19.3. The van der Waals surface area contributed by atoms with Gasteiger partial charge in [-0.25, -0.2) is 13.4 Å². The molecule has 1 heterocycles. The van der Waals surface area contributed by atoms with Gasteiger partial charge in [0.25, 0.3) is 17.7 Å². The number of H-pyrrole nitrogens is 1. The first-order valence-corrected chi connectivity index (χ1v) is 16.5. The Morgan fingerprint density at radius 2 is 1.52 bits per heavy atom. The second kappa shape index (κ2) is 14.8. The van der Waals surface area contributed by atoms with Gasteiger partial charge in [0.1, 0.15) is 0 Å². The van der Waals surface area contributed by atoms with Crippen LogP contribution in [0, 0.1) is 0 Å². The molecule has 0 radical (unpaired) electrons. The van der Waals surface area contributed by atoms with Crippen LogP contribution in [0.4, 0.5) is 11.6 Å². The number of carbonyl (C=O) groups is 3. The number of anilines is 2. The number of nitrogens with zero attached hydrogens (tertiary/aromatic N) is 2. The van der Waals surface area contributed by atoms with Crippen LogP contribution in [-0.4, -0.2) is 66.7 Å². The van der Waals surface area contributed by atoms with Gasteiger partial charge in [0.05, 0.1) is 30.2 Å². The molecule has 0 saturated carbocycles. The van der Waals surface area contributed by atoms with Gasteiger partial charge in [0, 0.05) is 23.9 Å². The standard InChI is InChI=1S/C33H38N6O6S/c1-5-26-20-34-33(36-26)38-32(43)29(40)28(16-22-12-8-6-9-13-22)37-31(42)25-17-24(18-27(19-25)39(3)46(4,44)45)30(41)35-21(2)23-14-10-7-11-15-23/h6-15,17-21,28-29,40H,5,16H2,1-4H3,(H,35,41)(H,37,42)(H2,34,36,38,43)/t21-,28+,29-/m1/s1. The maximum atomic E-state index is 13.7. The van der Waals surface area contributed by atoms with Crippen LogP contribution in [0.5, 0.6) is 0 Å². The largest absolute Gasteiger partial charge is 0.381 e. The van der Waals surface area contributed by atoms with E-state index in [-0.39, 0.29) is 35.2 Å². The van der Waals surface area contributed by atoms with Crippen LogP contribution in [0.25, 0.3) is 0 Å². The molecular weight excluding hydrogens is 608 g/mol. The third-order valence-corrected chi connectivity index (χ3v) is 8.67. The summed E-state index contributed by atoms with van der Waals surface area (Å²) in [5.41, 5.74) is 2.46. The van der Waals surface area contributed by atoms with E-state index in [0.717, 1.165) is 27.4 Å². The number of aliphatic hydroxyl groups is 1. The van der Waals surface area contributed by atoms with E-state index >= 15 is 0 Å². The smallest absolute Gasteiger partial charge is 0.257 e. The third kappa shape index (κ3) is 8.79. The van der Waals surface area contributed by atoms with Gasteiger partial charge < -0.3 is 20.7 Å². The lowest BCUT2D eigenvalue weighted by Gasteiger charge is -2.24. The van der Waals surface area contributed by atoms with Crippen LogP contribution in [0.3, 0.4) is 0 Å². The summed E-state index contributed by atoms with van der Waals surface area (Å²) in [6.45, 7) is 3.72. The van der Waals surface area contributed by atoms with Gasteiger partial charge >= 0.3 is 0 Å². The van der Waals surface area contributed by atoms with Crippen molar-refractivity contribution in [1.82, 2.24) is 20.6 Å². The predicted molar refractivity (Wildman–Crippen MR) is 176 cm³/mol. The quantitative estimate of drug-likeness (QED) is 0.148. The van der Waals surface area contributed by atoms with E-state index in [1.165, 1.54) is 25.2 Å². The van der Waals surface area contributed by atoms with Crippen LogP contribution in [0.15, 0.2) is 85.1 Å². The number of carbonyl (C=O) groups excluding carboxylic acids is 3. The summed E-state index contributed by atoms with van der Waals surface area (Å²) in [4.78, 5) is 47.2. The average molecular weight is 647 g/mol. The summed E-state index contributed by atoms with van der Waals surface area (Å²) in [7, 11) is -2.45. The lowest BCUT2D eigenvalue weighted by atomic mass is 9.99. The fourth-order valence-electron chi connectivity index (χ4n) is 4.69. The van der Waals surface area contributed by atoms with E-state index in [4.69, 9.17) is 0 Å². The van der Waals surface area contributed by atoms with Gasteiger partial charge in [-0.3, -0.25) is 24.0 Å². The first kappa shape index (κ1) is 33.9. The number of imidazole rings is 1. The fourth-order valence-corrected chi connectivity index (χ4v) is 5.18. The molecule has 1 aromatic heterocycles. The molecular formula is C33H38N6O6S. The highest BCUT2D eigenvalue weighted by molar-refractivity contribution is 7.92. The highest BCUT2D eigenvalue weighted by atomic mass is 32.2. The van der Waals surface area contributed by atoms with Crippen molar-refractivity contribution in [3.05, 3.63) is 113 Å². The molecule has 0 aliphatic heterocycles. The molecule has 3 atom stereocenters. The first-order chi connectivity index (χ1) is 21.8. The zero-order valence-corrected chi connectivity index (χ0v) is 26.8. The molecule has 3 amide bonds. The second-order valence-corrected chi connectivity index (χ2v) is 12.9. The lowest BCUT2D eigenvalue weighted by Crippen LogP contribution is -2.50. The van der Waals surface area contributed by atoms with E-state index in [0.29, 0.717) is 6.42 Å². The SMILES string of the molecule is CCc1cnc(NC(=O)[C@H](O)[C@H](Cc2ccccc2)NC(=O)c2cc(C(=O)N[C@H](C)c3ccccc3)cc(N(C)S(C)(=O)=O)c2)[nH]1. The number of hydrogen-bond donors (Lipinski definition) is 5. The van der Waals surface area contributed by atoms with Crippen LogP contribution in [0.1, 0.15) is 57.4 Å². The molecule has 12 nitrogen and oxygen atoms in total. The minimum atomic E-state index is -3.76. The van der Waals surface area contributed by atoms with E-state index < -0.39 is 39.9 Å². The van der Waals surface area contributed by atoms with Crippen molar-refractivity contribution in [2.45, 2.75) is 44.9 Å². The number of sulfonamides is 1. The molecule has 13 heteroatoms. The van der Waals surface area contributed by atoms with Crippen LogP contribution in [0.2, 0.25) is 0 Å². The number of amides is 3. The highest BCUT2D eigenvalue weighted by Crippen LogP contribution is 2.22. The second-order valence-electron chi connectivity index (χ2n) is 10.9. The third-order valence-electron chi connectivity index (χ3n) is 7.47. The summed E-state index contributed by atoms with van der Waals surface area (Å²) in [6, 6.07) is 20.8. The molecule has 0 unspecified atom stereocenters. The maximum absolute atomic E-state index is 13.7. The number of aromatic amines is 1. The number of nitrogens with one attached hydrogen (secondary N) is 4. The molecule has 0 spiro atoms. The van der Waals surface area contributed by atoms with E-state index in [2.05, 4.69) is 25.9 Å². The Bertz CT molecular complexity index is 1780. The van der Waals surface area contributed by atoms with Gasteiger partial charge in [0.15, 0.2) is 6.10 Å². The summed E-state index contributed by atoms with van der Waals surface area (Å²) in [5.74, 6) is -1.89. The molecule has 0 aliphatic rings. The molecule has 46 heavy (non-hydrogen) atoms. The van der Waals surface area contributed by atoms with Gasteiger partial charge in [-0.15, -0.1) is 0 Å². The van der Waals surface area contributed by atoms with Crippen molar-refractivity contribution in [1.29, 1.82) is 0 Å². The van der Waals surface area contributed by atoms with Crippen molar-refractivity contribution >= 4 is 39.4 Å². The van der Waals surface area contributed by atoms with Crippen molar-refractivity contribution in [2.75, 3.05) is 22.9 Å².